The van der Waals surface area contributed by atoms with Crippen molar-refractivity contribution in [2.24, 2.45) is 4.99 Å². The fourth-order valence-corrected chi connectivity index (χ4v) is 7.23. The van der Waals surface area contributed by atoms with E-state index in [2.05, 4.69) is 113 Å². The van der Waals surface area contributed by atoms with Crippen molar-refractivity contribution in [2.75, 3.05) is 5.73 Å². The lowest BCUT2D eigenvalue weighted by molar-refractivity contribution is 0.993. The molecule has 7 nitrogen and oxygen atoms in total. The van der Waals surface area contributed by atoms with Crippen LogP contribution in [0.5, 0.6) is 0 Å². The van der Waals surface area contributed by atoms with Crippen molar-refractivity contribution in [1.29, 1.82) is 0 Å². The molecule has 1 aliphatic heterocycles. The zero-order chi connectivity index (χ0) is 33.6. The van der Waals surface area contributed by atoms with E-state index in [0.717, 1.165) is 84.8 Å². The molecule has 0 unspecified atom stereocenters. The van der Waals surface area contributed by atoms with Gasteiger partial charge in [-0.25, -0.2) is 0 Å². The maximum atomic E-state index is 6.84. The largest absolute Gasteiger partial charge is 0.395 e. The lowest BCUT2D eigenvalue weighted by Crippen LogP contribution is -2.05. The number of pyridine rings is 2. The zero-order valence-corrected chi connectivity index (χ0v) is 28.1. The number of allylic oxidation sites excluding steroid dienone is 9. The van der Waals surface area contributed by atoms with Crippen LogP contribution in [0.2, 0.25) is 0 Å². The first-order chi connectivity index (χ1) is 24.0. The minimum atomic E-state index is 0.651. The van der Waals surface area contributed by atoms with Gasteiger partial charge in [0.25, 0.3) is 0 Å². The summed E-state index contributed by atoms with van der Waals surface area (Å²) in [6.45, 7) is 8.50. The summed E-state index contributed by atoms with van der Waals surface area (Å²) >= 11 is 0. The van der Waals surface area contributed by atoms with Gasteiger partial charge in [0.05, 0.1) is 61.7 Å². The van der Waals surface area contributed by atoms with Crippen LogP contribution in [0.15, 0.2) is 108 Å². The Hall–Kier alpha value is -6.17. The highest BCUT2D eigenvalue weighted by Crippen LogP contribution is 2.41. The number of nitrogen functional groups attached to an aromatic ring is 1. The summed E-state index contributed by atoms with van der Waals surface area (Å²) in [6, 6.07) is 14.7. The van der Waals surface area contributed by atoms with Gasteiger partial charge in [-0.05, 0) is 81.3 Å². The number of aryl methyl sites for hydroxylation is 1. The number of nitrogens with two attached hydrogens (primary N) is 1. The van der Waals surface area contributed by atoms with Crippen LogP contribution < -0.4 is 5.73 Å². The average Bonchev–Trinajstić information content (AvgIpc) is 3.49. The Kier molecular flexibility index (Phi) is 7.47. The summed E-state index contributed by atoms with van der Waals surface area (Å²) in [5, 5.41) is 1.12. The van der Waals surface area contributed by atoms with Crippen molar-refractivity contribution in [3.8, 4) is 0 Å². The highest BCUT2D eigenvalue weighted by atomic mass is 15.1. The first-order valence-corrected chi connectivity index (χ1v) is 16.7. The lowest BCUT2D eigenvalue weighted by Gasteiger charge is -2.15. The number of aliphatic imine (C=N–C) groups is 1. The molecule has 0 spiro atoms. The molecule has 0 saturated carbocycles. The third kappa shape index (κ3) is 4.78. The Balaban J connectivity index is 1.49. The maximum absolute atomic E-state index is 6.84. The zero-order valence-electron chi connectivity index (χ0n) is 28.1. The second-order valence-electron chi connectivity index (χ2n) is 12.3. The second kappa shape index (κ2) is 12.1. The Morgan fingerprint density at radius 3 is 2.49 bits per heavy atom. The van der Waals surface area contributed by atoms with Crippen LogP contribution in [-0.4, -0.2) is 29.9 Å². The number of para-hydroxylation sites is 1. The molecule has 0 fully saturated rings. The van der Waals surface area contributed by atoms with Gasteiger partial charge in [-0.2, -0.15) is 0 Å². The molecule has 0 bridgehead atoms. The molecule has 6 heterocycles. The Bertz CT molecular complexity index is 2580. The molecule has 0 saturated heterocycles. The van der Waals surface area contributed by atoms with Gasteiger partial charge in [-0.1, -0.05) is 55.2 Å². The lowest BCUT2D eigenvalue weighted by atomic mass is 10.1. The van der Waals surface area contributed by atoms with Gasteiger partial charge in [-0.15, -0.1) is 0 Å². The molecule has 5 aromatic heterocycles. The van der Waals surface area contributed by atoms with Gasteiger partial charge in [0, 0.05) is 47.7 Å². The third-order valence-electron chi connectivity index (χ3n) is 9.35. The topological polar surface area (TPSA) is 79.0 Å². The summed E-state index contributed by atoms with van der Waals surface area (Å²) in [4.78, 5) is 14.5. The average molecular weight is 640 g/mol. The van der Waals surface area contributed by atoms with Crippen LogP contribution in [0.4, 0.5) is 11.4 Å². The number of rotatable bonds is 6. The van der Waals surface area contributed by atoms with Crippen molar-refractivity contribution >= 4 is 79.8 Å². The SMILES string of the molecule is C/C=C\c1c(N)c2c(n1C1=C=CC(n3c4cccnc4c4cccc(C)c43)=CC(n3c(C)c(/C=C\CC)c4ncccc43)=C1)CC=CC=N2. The maximum Gasteiger partial charge on any atom is 0.108 e. The molecule has 8 rings (SSSR count). The Labute approximate surface area is 285 Å². The van der Waals surface area contributed by atoms with Gasteiger partial charge >= 0.3 is 0 Å². The molecule has 7 heteroatoms. The molecule has 1 aliphatic carbocycles. The summed E-state index contributed by atoms with van der Waals surface area (Å²) in [5.74, 6) is 0. The van der Waals surface area contributed by atoms with E-state index in [1.54, 1.807) is 0 Å². The van der Waals surface area contributed by atoms with E-state index in [0.29, 0.717) is 12.1 Å². The van der Waals surface area contributed by atoms with Gasteiger partial charge in [0.1, 0.15) is 5.69 Å². The van der Waals surface area contributed by atoms with Crippen molar-refractivity contribution in [1.82, 2.24) is 23.7 Å². The highest BCUT2D eigenvalue weighted by Gasteiger charge is 2.24. The van der Waals surface area contributed by atoms with E-state index in [1.165, 1.54) is 5.56 Å². The van der Waals surface area contributed by atoms with E-state index >= 15 is 0 Å². The fraction of sp³-hybridized carbons (Fsp3) is 0.143. The number of benzene rings is 1. The summed E-state index contributed by atoms with van der Waals surface area (Å²) < 4.78 is 6.84. The van der Waals surface area contributed by atoms with E-state index in [1.807, 2.05) is 49.8 Å². The van der Waals surface area contributed by atoms with Gasteiger partial charge in [-0.3, -0.25) is 15.0 Å². The van der Waals surface area contributed by atoms with Crippen LogP contribution in [0.25, 0.3) is 62.2 Å². The molecule has 49 heavy (non-hydrogen) atoms. The van der Waals surface area contributed by atoms with Crippen LogP contribution in [0.1, 0.15) is 48.5 Å². The third-order valence-corrected chi connectivity index (χ3v) is 9.35. The minimum absolute atomic E-state index is 0.651. The van der Waals surface area contributed by atoms with E-state index in [-0.39, 0.29) is 0 Å². The van der Waals surface area contributed by atoms with Gasteiger partial charge in [0.15, 0.2) is 0 Å². The summed E-state index contributed by atoms with van der Waals surface area (Å²) in [6.07, 6.45) is 26.3. The van der Waals surface area contributed by atoms with Gasteiger partial charge in [0.2, 0.25) is 0 Å². The highest BCUT2D eigenvalue weighted by molar-refractivity contribution is 6.10. The number of nitrogens with zero attached hydrogens (tertiary/aromatic N) is 6. The molecule has 2 aliphatic rings. The van der Waals surface area contributed by atoms with Gasteiger partial charge < -0.3 is 19.4 Å². The van der Waals surface area contributed by atoms with Crippen LogP contribution >= 0.6 is 0 Å². The van der Waals surface area contributed by atoms with Crippen molar-refractivity contribution in [3.63, 3.8) is 0 Å². The normalized spacial score (nSPS) is 14.7. The summed E-state index contributed by atoms with van der Waals surface area (Å²) in [5.41, 5.74) is 25.2. The number of fused-ring (bicyclic) bond motifs is 5. The molecule has 0 radical (unpaired) electrons. The number of hydrogen-bond donors (Lipinski definition) is 1. The quantitative estimate of drug-likeness (QED) is 0.184. The molecular formula is C42H37N7. The number of hydrogen-bond acceptors (Lipinski definition) is 4. The predicted octanol–water partition coefficient (Wildman–Crippen LogP) is 9.90. The molecule has 2 N–H and O–H groups in total. The monoisotopic (exact) mass is 639 g/mol. The molecule has 6 aromatic rings. The first kappa shape index (κ1) is 30.2. The number of anilines is 1. The van der Waals surface area contributed by atoms with E-state index < -0.39 is 0 Å². The van der Waals surface area contributed by atoms with Crippen molar-refractivity contribution in [2.45, 2.75) is 40.5 Å². The smallest absolute Gasteiger partial charge is 0.108 e. The van der Waals surface area contributed by atoms with Crippen LogP contribution in [0.3, 0.4) is 0 Å². The molecular weight excluding hydrogens is 603 g/mol. The molecule has 1 aromatic carbocycles. The second-order valence-corrected chi connectivity index (χ2v) is 12.3. The molecule has 0 atom stereocenters. The minimum Gasteiger partial charge on any atom is -0.395 e. The Morgan fingerprint density at radius 1 is 0.898 bits per heavy atom. The standard InChI is InChI=1S/C42H37N7/c1-5-7-15-32-28(4)47(35-18-11-23-44-39(32)35)31-25-29(48-34(13-6-2)38(43)41-37(48)17-8-9-22-46-41)20-21-30(26-31)49-36-19-12-24-45-40(36)33-16-10-14-27(3)42(33)49/h6-16,18-19,21-26H,5,17,43H2,1-4H3/b13-6-,15-7-. The van der Waals surface area contributed by atoms with Crippen molar-refractivity contribution < 1.29 is 0 Å². The van der Waals surface area contributed by atoms with Crippen molar-refractivity contribution in [3.05, 3.63) is 131 Å². The van der Waals surface area contributed by atoms with E-state index in [4.69, 9.17) is 20.7 Å². The van der Waals surface area contributed by atoms with Crippen LogP contribution in [-0.2, 0) is 6.42 Å². The molecule has 240 valence electrons. The van der Waals surface area contributed by atoms with E-state index in [9.17, 15) is 0 Å². The summed E-state index contributed by atoms with van der Waals surface area (Å²) in [7, 11) is 0. The first-order valence-electron chi connectivity index (χ1n) is 16.7. The fourth-order valence-electron chi connectivity index (χ4n) is 7.23. The van der Waals surface area contributed by atoms with Crippen LogP contribution in [0, 0.1) is 13.8 Å². The Morgan fingerprint density at radius 2 is 1.69 bits per heavy atom. The number of aromatic nitrogens is 5. The predicted molar refractivity (Wildman–Crippen MR) is 207 cm³/mol. The molecule has 0 amide bonds.